The Balaban J connectivity index is 2.60. The number of aliphatic carboxylic acids is 1. The Morgan fingerprint density at radius 2 is 1.91 bits per heavy atom. The van der Waals surface area contributed by atoms with Crippen LogP contribution in [0.1, 0.15) is 57.2 Å². The maximum absolute atomic E-state index is 12.7. The number of unbranched alkanes of at least 4 members (excludes halogenated alkanes) is 1. The lowest BCUT2D eigenvalue weighted by atomic mass is 10.0. The molecule has 0 aliphatic rings. The van der Waals surface area contributed by atoms with Crippen LogP contribution >= 0.6 is 0 Å². The minimum atomic E-state index is -2.61. The van der Waals surface area contributed by atoms with Gasteiger partial charge in [-0.05, 0) is 56.7 Å². The maximum Gasteiger partial charge on any atom is 0.326 e. The molecule has 1 rings (SSSR count). The molecule has 0 aromatic carbocycles. The van der Waals surface area contributed by atoms with Gasteiger partial charge in [-0.15, -0.1) is 0 Å². The predicted octanol–water partition coefficient (Wildman–Crippen LogP) is 3.60. The van der Waals surface area contributed by atoms with Crippen LogP contribution in [-0.4, -0.2) is 79.7 Å². The molecule has 2 atom stereocenters. The van der Waals surface area contributed by atoms with E-state index < -0.39 is 36.7 Å². The Bertz CT molecular complexity index is 767. The molecule has 0 aliphatic carbocycles. The summed E-state index contributed by atoms with van der Waals surface area (Å²) in [4.78, 5) is 30.8. The third kappa shape index (κ3) is 11.8. The number of nitrogens with one attached hydrogen (secondary N) is 2. The Labute approximate surface area is 207 Å². The van der Waals surface area contributed by atoms with Crippen LogP contribution in [0.15, 0.2) is 12.1 Å². The lowest BCUT2D eigenvalue weighted by Crippen LogP contribution is -2.46. The number of carboxylic acid groups (broad SMARTS) is 1. The smallest absolute Gasteiger partial charge is 0.326 e. The number of carbonyl (C=O) groups excluding carboxylic acids is 1. The average Bonchev–Trinajstić information content (AvgIpc) is 2.84. The minimum absolute atomic E-state index is 0.182. The van der Waals surface area contributed by atoms with Crippen LogP contribution in [0.3, 0.4) is 0 Å². The number of ether oxygens (including phenoxy) is 1. The van der Waals surface area contributed by atoms with Gasteiger partial charge in [-0.3, -0.25) is 4.79 Å². The second-order valence-corrected chi connectivity index (χ2v) is 8.63. The number of methoxy groups -OCH3 is 1. The molecule has 0 spiro atoms. The fourth-order valence-electron chi connectivity index (χ4n) is 3.90. The molecule has 1 amide bonds. The molecule has 200 valence electrons. The van der Waals surface area contributed by atoms with Crippen molar-refractivity contribution in [3.8, 4) is 0 Å². The first-order valence-electron chi connectivity index (χ1n) is 12.4. The van der Waals surface area contributed by atoms with Crippen molar-refractivity contribution < 1.29 is 28.2 Å². The van der Waals surface area contributed by atoms with E-state index in [-0.39, 0.29) is 12.8 Å². The summed E-state index contributed by atoms with van der Waals surface area (Å²) in [5.41, 5.74) is 2.21. The van der Waals surface area contributed by atoms with E-state index in [1.807, 2.05) is 7.05 Å². The van der Waals surface area contributed by atoms with E-state index in [0.717, 1.165) is 43.7 Å². The summed E-state index contributed by atoms with van der Waals surface area (Å²) < 4.78 is 30.6. The second kappa shape index (κ2) is 17.2. The highest BCUT2D eigenvalue weighted by Crippen LogP contribution is 2.16. The minimum Gasteiger partial charge on any atom is -0.480 e. The zero-order valence-electron chi connectivity index (χ0n) is 21.5. The van der Waals surface area contributed by atoms with Crippen LogP contribution < -0.4 is 10.6 Å². The third-order valence-electron chi connectivity index (χ3n) is 6.10. The van der Waals surface area contributed by atoms with Crippen LogP contribution in [0.2, 0.25) is 0 Å². The number of halogens is 2. The van der Waals surface area contributed by atoms with E-state index in [0.29, 0.717) is 19.7 Å². The standard InChI is InChI=1S/C25H42F2N4O4/c1-5-18-10-11-20(29-23(18)28-3)9-7-8-13-31(15-16-35-4)14-12-21(25(33)34)30-24(32)19(6-2)17-22(26)27/h10-11,19,21-22H,5-9,12-17H2,1-4H3,(H,28,29)(H,30,32)(H,33,34). The highest BCUT2D eigenvalue weighted by Gasteiger charge is 2.26. The molecule has 0 bridgehead atoms. The largest absolute Gasteiger partial charge is 0.480 e. The molecular formula is C25H42F2N4O4. The van der Waals surface area contributed by atoms with Gasteiger partial charge >= 0.3 is 5.97 Å². The summed E-state index contributed by atoms with van der Waals surface area (Å²) in [5, 5.41) is 15.1. The number of aromatic nitrogens is 1. The molecular weight excluding hydrogens is 458 g/mol. The van der Waals surface area contributed by atoms with Gasteiger partial charge in [0.2, 0.25) is 12.3 Å². The number of hydrogen-bond acceptors (Lipinski definition) is 6. The fourth-order valence-corrected chi connectivity index (χ4v) is 3.90. The molecule has 2 unspecified atom stereocenters. The molecule has 1 heterocycles. The van der Waals surface area contributed by atoms with E-state index in [1.165, 1.54) is 5.56 Å². The highest BCUT2D eigenvalue weighted by molar-refractivity contribution is 5.84. The van der Waals surface area contributed by atoms with Crippen molar-refractivity contribution in [2.24, 2.45) is 5.92 Å². The number of aryl methyl sites for hydroxylation is 2. The maximum atomic E-state index is 12.7. The number of carbonyl (C=O) groups is 2. The van der Waals surface area contributed by atoms with E-state index in [4.69, 9.17) is 4.74 Å². The molecule has 0 aliphatic heterocycles. The summed E-state index contributed by atoms with van der Waals surface area (Å²) >= 11 is 0. The van der Waals surface area contributed by atoms with Gasteiger partial charge in [0.05, 0.1) is 6.61 Å². The molecule has 3 N–H and O–H groups in total. The van der Waals surface area contributed by atoms with Gasteiger partial charge in [-0.25, -0.2) is 18.6 Å². The van der Waals surface area contributed by atoms with Gasteiger partial charge in [0, 0.05) is 45.3 Å². The summed E-state index contributed by atoms with van der Waals surface area (Å²) in [7, 11) is 3.48. The Hall–Kier alpha value is -2.33. The van der Waals surface area contributed by atoms with E-state index in [9.17, 15) is 23.5 Å². The molecule has 0 saturated heterocycles. The highest BCUT2D eigenvalue weighted by atomic mass is 19.3. The van der Waals surface area contributed by atoms with Crippen LogP contribution in [0.25, 0.3) is 0 Å². The SMILES string of the molecule is CCc1ccc(CCCCN(CCOC)CCC(NC(=O)C(CC)CC(F)F)C(=O)O)nc1NC. The van der Waals surface area contributed by atoms with Crippen molar-refractivity contribution in [1.82, 2.24) is 15.2 Å². The number of anilines is 1. The van der Waals surface area contributed by atoms with Crippen molar-refractivity contribution in [3.63, 3.8) is 0 Å². The van der Waals surface area contributed by atoms with Crippen LogP contribution in [0, 0.1) is 5.92 Å². The number of pyridine rings is 1. The van der Waals surface area contributed by atoms with Gasteiger partial charge in [-0.2, -0.15) is 0 Å². The molecule has 1 aromatic rings. The van der Waals surface area contributed by atoms with Crippen LogP contribution in [0.5, 0.6) is 0 Å². The van der Waals surface area contributed by atoms with Gasteiger partial charge in [0.1, 0.15) is 11.9 Å². The number of alkyl halides is 2. The number of amides is 1. The second-order valence-electron chi connectivity index (χ2n) is 8.63. The Kier molecular flexibility index (Phi) is 15.0. The first-order valence-corrected chi connectivity index (χ1v) is 12.4. The summed E-state index contributed by atoms with van der Waals surface area (Å²) in [5.74, 6) is -1.79. The Morgan fingerprint density at radius 3 is 2.49 bits per heavy atom. The molecule has 10 heteroatoms. The monoisotopic (exact) mass is 500 g/mol. The topological polar surface area (TPSA) is 104 Å². The van der Waals surface area contributed by atoms with Crippen molar-refractivity contribution >= 4 is 17.7 Å². The van der Waals surface area contributed by atoms with E-state index >= 15 is 0 Å². The number of carboxylic acids is 1. The van der Waals surface area contributed by atoms with E-state index in [1.54, 1.807) is 14.0 Å². The molecule has 0 radical (unpaired) electrons. The average molecular weight is 501 g/mol. The molecule has 1 aromatic heterocycles. The number of hydrogen-bond donors (Lipinski definition) is 3. The van der Waals surface area contributed by atoms with Crippen LogP contribution in [0.4, 0.5) is 14.6 Å². The summed E-state index contributed by atoms with van der Waals surface area (Å²) in [6.45, 7) is 6.06. The zero-order valence-corrected chi connectivity index (χ0v) is 21.5. The molecule has 0 saturated carbocycles. The summed E-state index contributed by atoms with van der Waals surface area (Å²) in [6.07, 6.45) is 0.815. The molecule has 8 nitrogen and oxygen atoms in total. The zero-order chi connectivity index (χ0) is 26.2. The predicted molar refractivity (Wildman–Crippen MR) is 133 cm³/mol. The fraction of sp³-hybridized carbons (Fsp3) is 0.720. The Morgan fingerprint density at radius 1 is 1.17 bits per heavy atom. The van der Waals surface area contributed by atoms with Gasteiger partial charge in [-0.1, -0.05) is 19.9 Å². The quantitative estimate of drug-likeness (QED) is 0.249. The lowest BCUT2D eigenvalue weighted by molar-refractivity contribution is -0.143. The van der Waals surface area contributed by atoms with Crippen LogP contribution in [-0.2, 0) is 27.2 Å². The van der Waals surface area contributed by atoms with Crippen molar-refractivity contribution in [3.05, 3.63) is 23.4 Å². The van der Waals surface area contributed by atoms with E-state index in [2.05, 4.69) is 39.6 Å². The third-order valence-corrected chi connectivity index (χ3v) is 6.10. The van der Waals surface area contributed by atoms with Gasteiger partial charge < -0.3 is 25.4 Å². The van der Waals surface area contributed by atoms with Crippen molar-refractivity contribution in [2.45, 2.75) is 71.3 Å². The first kappa shape index (κ1) is 30.7. The van der Waals surface area contributed by atoms with Crippen molar-refractivity contribution in [2.75, 3.05) is 45.7 Å². The molecule has 0 fully saturated rings. The summed E-state index contributed by atoms with van der Waals surface area (Å²) in [6, 6.07) is 3.03. The van der Waals surface area contributed by atoms with Gasteiger partial charge in [0.15, 0.2) is 0 Å². The molecule has 35 heavy (non-hydrogen) atoms. The van der Waals surface area contributed by atoms with Gasteiger partial charge in [0.25, 0.3) is 0 Å². The lowest BCUT2D eigenvalue weighted by Gasteiger charge is -2.25. The number of nitrogens with zero attached hydrogens (tertiary/aromatic N) is 2. The number of rotatable bonds is 19. The normalized spacial score (nSPS) is 13.1. The first-order chi connectivity index (χ1) is 16.7. The van der Waals surface area contributed by atoms with Crippen molar-refractivity contribution in [1.29, 1.82) is 0 Å².